The van der Waals surface area contributed by atoms with Crippen molar-refractivity contribution >= 4 is 17.3 Å². The molecule has 28 heavy (non-hydrogen) atoms. The molecule has 3 aromatic rings. The van der Waals surface area contributed by atoms with E-state index in [1.54, 1.807) is 6.33 Å². The Labute approximate surface area is 161 Å². The van der Waals surface area contributed by atoms with Crippen LogP contribution < -0.4 is 10.5 Å². The summed E-state index contributed by atoms with van der Waals surface area (Å²) in [6.45, 7) is 1.44. The fourth-order valence-electron chi connectivity index (χ4n) is 3.19. The first-order chi connectivity index (χ1) is 13.3. The number of pyridine rings is 1. The highest BCUT2D eigenvalue weighted by atomic mass is 35.5. The van der Waals surface area contributed by atoms with Crippen LogP contribution in [0, 0.1) is 0 Å². The summed E-state index contributed by atoms with van der Waals surface area (Å²) >= 11 is 6.07. The average Bonchev–Trinajstić information content (AvgIpc) is 3.06. The molecule has 146 valence electrons. The van der Waals surface area contributed by atoms with Crippen molar-refractivity contribution in [3.63, 3.8) is 0 Å². The maximum atomic E-state index is 12.6. The van der Waals surface area contributed by atoms with E-state index in [0.717, 1.165) is 17.5 Å². The van der Waals surface area contributed by atoms with Gasteiger partial charge in [-0.2, -0.15) is 18.3 Å². The molecule has 0 spiro atoms. The second-order valence-corrected chi connectivity index (χ2v) is 6.76. The van der Waals surface area contributed by atoms with Gasteiger partial charge in [-0.25, -0.2) is 10.1 Å². The van der Waals surface area contributed by atoms with Crippen LogP contribution in [0.5, 0.6) is 0 Å². The zero-order chi connectivity index (χ0) is 19.9. The summed E-state index contributed by atoms with van der Waals surface area (Å²) in [7, 11) is 0. The van der Waals surface area contributed by atoms with Gasteiger partial charge in [0, 0.05) is 24.9 Å². The van der Waals surface area contributed by atoms with E-state index in [0.29, 0.717) is 37.3 Å². The number of hydrogen-bond acceptors (Lipinski definition) is 5. The Morgan fingerprint density at radius 3 is 2.75 bits per heavy atom. The zero-order valence-corrected chi connectivity index (χ0v) is 15.1. The molecule has 3 aromatic heterocycles. The summed E-state index contributed by atoms with van der Waals surface area (Å²) in [5.74, 6) is 0. The molecule has 0 bridgehead atoms. The lowest BCUT2D eigenvalue weighted by molar-refractivity contribution is -0.141. The van der Waals surface area contributed by atoms with Crippen molar-refractivity contribution in [3.8, 4) is 0 Å². The molecule has 4 heterocycles. The minimum Gasteiger partial charge on any atom is -0.362 e. The second-order valence-electron chi connectivity index (χ2n) is 6.39. The molecule has 0 saturated carbocycles. The summed E-state index contributed by atoms with van der Waals surface area (Å²) in [5.41, 5.74) is 1.63. The minimum atomic E-state index is -4.45. The molecule has 1 aliphatic heterocycles. The van der Waals surface area contributed by atoms with Crippen LogP contribution in [-0.4, -0.2) is 31.3 Å². The number of rotatable bonds is 3. The van der Waals surface area contributed by atoms with Crippen molar-refractivity contribution in [3.05, 3.63) is 68.9 Å². The second kappa shape index (κ2) is 6.93. The van der Waals surface area contributed by atoms with Crippen molar-refractivity contribution in [2.45, 2.75) is 25.7 Å². The van der Waals surface area contributed by atoms with Crippen LogP contribution in [0.4, 0.5) is 18.9 Å². The van der Waals surface area contributed by atoms with Crippen LogP contribution in [0.1, 0.15) is 22.6 Å². The van der Waals surface area contributed by atoms with Gasteiger partial charge in [-0.3, -0.25) is 9.78 Å². The zero-order valence-electron chi connectivity index (χ0n) is 14.4. The molecule has 0 amide bonds. The number of halogens is 4. The van der Waals surface area contributed by atoms with E-state index < -0.39 is 17.4 Å². The Hall–Kier alpha value is -2.88. The third-order valence-corrected chi connectivity index (χ3v) is 4.94. The van der Waals surface area contributed by atoms with Gasteiger partial charge in [0.2, 0.25) is 0 Å². The number of hydrogen-bond donors (Lipinski definition) is 1. The fraction of sp³-hybridized carbons (Fsp3) is 0.294. The first-order valence-electron chi connectivity index (χ1n) is 8.36. The average molecular weight is 411 g/mol. The molecule has 1 N–H and O–H groups in total. The van der Waals surface area contributed by atoms with Crippen molar-refractivity contribution in [2.24, 2.45) is 0 Å². The molecular weight excluding hydrogens is 397 g/mol. The van der Waals surface area contributed by atoms with Crippen LogP contribution >= 0.6 is 11.6 Å². The Morgan fingerprint density at radius 2 is 2.04 bits per heavy atom. The lowest BCUT2D eigenvalue weighted by atomic mass is 10.1. The third kappa shape index (κ3) is 3.47. The van der Waals surface area contributed by atoms with Crippen molar-refractivity contribution in [1.82, 2.24) is 24.7 Å². The normalized spacial score (nSPS) is 14.2. The highest BCUT2D eigenvalue weighted by Crippen LogP contribution is 2.29. The first kappa shape index (κ1) is 18.5. The molecule has 0 saturated heterocycles. The summed E-state index contributed by atoms with van der Waals surface area (Å²) in [6.07, 6.45) is 0.576. The van der Waals surface area contributed by atoms with Crippen LogP contribution in [0.2, 0.25) is 5.02 Å². The molecule has 0 fully saturated rings. The monoisotopic (exact) mass is 410 g/mol. The lowest BCUT2D eigenvalue weighted by Crippen LogP contribution is -2.32. The van der Waals surface area contributed by atoms with Gasteiger partial charge in [0.05, 0.1) is 37.0 Å². The van der Waals surface area contributed by atoms with Gasteiger partial charge < -0.3 is 9.47 Å². The van der Waals surface area contributed by atoms with Crippen molar-refractivity contribution in [1.29, 1.82) is 0 Å². The van der Waals surface area contributed by atoms with Gasteiger partial charge in [0.25, 0.3) is 5.56 Å². The highest BCUT2D eigenvalue weighted by Gasteiger charge is 2.32. The number of anilines is 1. The molecule has 7 nitrogen and oxygen atoms in total. The highest BCUT2D eigenvalue weighted by molar-refractivity contribution is 6.32. The number of H-pyrrole nitrogens is 1. The van der Waals surface area contributed by atoms with Crippen LogP contribution in [0.15, 0.2) is 35.6 Å². The quantitative estimate of drug-likeness (QED) is 0.718. The predicted molar refractivity (Wildman–Crippen MR) is 95.2 cm³/mol. The van der Waals surface area contributed by atoms with Gasteiger partial charge in [0.1, 0.15) is 10.7 Å². The molecule has 0 atom stereocenters. The largest absolute Gasteiger partial charge is 0.433 e. The van der Waals surface area contributed by atoms with Gasteiger partial charge in [-0.1, -0.05) is 17.7 Å². The molecule has 1 aliphatic rings. The van der Waals surface area contributed by atoms with Crippen LogP contribution in [0.25, 0.3) is 0 Å². The summed E-state index contributed by atoms with van der Waals surface area (Å²) < 4.78 is 39.8. The molecule has 0 radical (unpaired) electrons. The van der Waals surface area contributed by atoms with E-state index in [1.807, 2.05) is 9.47 Å². The minimum absolute atomic E-state index is 0.0775. The SMILES string of the molecule is O=c1[nH]ncc(N2CCc3c(ncn3Cc3ccc(C(F)(F)F)nc3)C2)c1Cl. The van der Waals surface area contributed by atoms with E-state index in [9.17, 15) is 18.0 Å². The maximum absolute atomic E-state index is 12.6. The first-order valence-corrected chi connectivity index (χ1v) is 8.74. The van der Waals surface area contributed by atoms with Gasteiger partial charge in [-0.15, -0.1) is 0 Å². The van der Waals surface area contributed by atoms with E-state index >= 15 is 0 Å². The fourth-order valence-corrected chi connectivity index (χ4v) is 3.40. The number of alkyl halides is 3. The number of aromatic nitrogens is 5. The standard InChI is InChI=1S/C17H14ClF3N6O/c18-15-13(6-24-25-16(15)28)26-4-3-12-11(8-26)23-9-27(12)7-10-1-2-14(22-5-10)17(19,20)21/h1-2,5-6,9H,3-4,7-8H2,(H,25,28). The molecule has 0 aromatic carbocycles. The van der Waals surface area contributed by atoms with Gasteiger partial charge >= 0.3 is 6.18 Å². The van der Waals surface area contributed by atoms with Crippen molar-refractivity contribution < 1.29 is 13.2 Å². The maximum Gasteiger partial charge on any atom is 0.433 e. The summed E-state index contributed by atoms with van der Waals surface area (Å²) in [4.78, 5) is 21.5. The smallest absolute Gasteiger partial charge is 0.362 e. The lowest BCUT2D eigenvalue weighted by Gasteiger charge is -2.29. The number of nitrogens with one attached hydrogen (secondary N) is 1. The molecular formula is C17H14ClF3N6O. The molecule has 0 unspecified atom stereocenters. The van der Waals surface area contributed by atoms with Crippen LogP contribution in [-0.2, 0) is 25.7 Å². The van der Waals surface area contributed by atoms with E-state index in [2.05, 4.69) is 20.2 Å². The Bertz CT molecular complexity index is 1060. The topological polar surface area (TPSA) is 79.7 Å². The summed E-state index contributed by atoms with van der Waals surface area (Å²) in [6, 6.07) is 2.39. The molecule has 4 rings (SSSR count). The number of nitrogens with zero attached hydrogens (tertiary/aromatic N) is 5. The molecule has 0 aliphatic carbocycles. The van der Waals surface area contributed by atoms with E-state index in [1.165, 1.54) is 18.5 Å². The van der Waals surface area contributed by atoms with Crippen LogP contribution in [0.3, 0.4) is 0 Å². The number of aromatic amines is 1. The Morgan fingerprint density at radius 1 is 1.21 bits per heavy atom. The number of fused-ring (bicyclic) bond motifs is 1. The predicted octanol–water partition coefficient (Wildman–Crippen LogP) is 2.64. The summed E-state index contributed by atoms with van der Waals surface area (Å²) in [5, 5.41) is 6.15. The van der Waals surface area contributed by atoms with E-state index in [-0.39, 0.29) is 5.02 Å². The van der Waals surface area contributed by atoms with E-state index in [4.69, 9.17) is 11.6 Å². The van der Waals surface area contributed by atoms with Gasteiger partial charge in [-0.05, 0) is 11.6 Å². The molecule has 11 heteroatoms. The number of imidazole rings is 1. The third-order valence-electron chi connectivity index (χ3n) is 4.58. The Balaban J connectivity index is 1.53. The van der Waals surface area contributed by atoms with Gasteiger partial charge in [0.15, 0.2) is 0 Å². The van der Waals surface area contributed by atoms with Crippen molar-refractivity contribution in [2.75, 3.05) is 11.4 Å². The Kier molecular flexibility index (Phi) is 4.58.